The molecule has 7 heteroatoms. The molecule has 2 saturated heterocycles. The van der Waals surface area contributed by atoms with Gasteiger partial charge in [-0.1, -0.05) is 38.1 Å². The third-order valence-corrected chi connectivity index (χ3v) is 6.47. The van der Waals surface area contributed by atoms with Crippen LogP contribution in [0.15, 0.2) is 29.3 Å². The van der Waals surface area contributed by atoms with E-state index < -0.39 is 0 Å². The predicted molar refractivity (Wildman–Crippen MR) is 128 cm³/mol. The first-order valence-electron chi connectivity index (χ1n) is 11.8. The van der Waals surface area contributed by atoms with Gasteiger partial charge >= 0.3 is 0 Å². The van der Waals surface area contributed by atoms with Crippen LogP contribution >= 0.6 is 0 Å². The molecule has 0 amide bonds. The predicted octanol–water partition coefficient (Wildman–Crippen LogP) is 1.46. The zero-order chi connectivity index (χ0) is 22.1. The molecule has 2 N–H and O–H groups in total. The molecule has 1 aromatic carbocycles. The Balaban J connectivity index is 1.43. The minimum atomic E-state index is 0.483. The highest BCUT2D eigenvalue weighted by Gasteiger charge is 2.23. The number of benzene rings is 1. The van der Waals surface area contributed by atoms with Gasteiger partial charge in [-0.25, -0.2) is 0 Å². The summed E-state index contributed by atoms with van der Waals surface area (Å²) >= 11 is 0. The van der Waals surface area contributed by atoms with Gasteiger partial charge in [-0.15, -0.1) is 0 Å². The SMILES string of the molecule is CN=C(NCc1ccc(CN2CCN(C)CC2)cc1)NCC(C(C)C)N1CCOCC1. The van der Waals surface area contributed by atoms with Crippen molar-refractivity contribution in [3.05, 3.63) is 35.4 Å². The van der Waals surface area contributed by atoms with Crippen molar-refractivity contribution >= 4 is 5.96 Å². The van der Waals surface area contributed by atoms with Crippen molar-refractivity contribution in [1.29, 1.82) is 0 Å². The van der Waals surface area contributed by atoms with Gasteiger partial charge in [0.25, 0.3) is 0 Å². The molecule has 0 aliphatic carbocycles. The number of ether oxygens (including phenoxy) is 1. The number of hydrogen-bond donors (Lipinski definition) is 2. The molecule has 7 nitrogen and oxygen atoms in total. The first-order valence-corrected chi connectivity index (χ1v) is 11.8. The maximum atomic E-state index is 5.52. The normalized spacial score (nSPS) is 20.7. The summed E-state index contributed by atoms with van der Waals surface area (Å²) in [4.78, 5) is 11.9. The monoisotopic (exact) mass is 430 g/mol. The highest BCUT2D eigenvalue weighted by Crippen LogP contribution is 2.12. The molecule has 31 heavy (non-hydrogen) atoms. The third kappa shape index (κ3) is 7.75. The van der Waals surface area contributed by atoms with Gasteiger partial charge in [-0.2, -0.15) is 0 Å². The van der Waals surface area contributed by atoms with Crippen LogP contribution < -0.4 is 10.6 Å². The second kappa shape index (κ2) is 12.4. The Bertz CT molecular complexity index is 663. The molecule has 1 unspecified atom stereocenters. The van der Waals surface area contributed by atoms with Gasteiger partial charge in [0.15, 0.2) is 5.96 Å². The third-order valence-electron chi connectivity index (χ3n) is 6.47. The summed E-state index contributed by atoms with van der Waals surface area (Å²) in [6.45, 7) is 15.6. The molecule has 2 aliphatic heterocycles. The Morgan fingerprint density at radius 3 is 2.23 bits per heavy atom. The van der Waals surface area contributed by atoms with E-state index in [9.17, 15) is 0 Å². The molecule has 3 rings (SSSR count). The van der Waals surface area contributed by atoms with Crippen LogP contribution in [0.3, 0.4) is 0 Å². The lowest BCUT2D eigenvalue weighted by molar-refractivity contribution is 0.00752. The lowest BCUT2D eigenvalue weighted by Crippen LogP contribution is -2.52. The standard InChI is InChI=1S/C24H42N6O/c1-20(2)23(30-13-15-31-16-14-30)18-27-24(25-3)26-17-21-5-7-22(8-6-21)19-29-11-9-28(4)10-12-29/h5-8,20,23H,9-19H2,1-4H3,(H2,25,26,27). The van der Waals surface area contributed by atoms with Crippen LogP contribution in [0.5, 0.6) is 0 Å². The van der Waals surface area contributed by atoms with Gasteiger partial charge in [0.1, 0.15) is 0 Å². The summed E-state index contributed by atoms with van der Waals surface area (Å²) in [5.41, 5.74) is 2.67. The van der Waals surface area contributed by atoms with E-state index in [4.69, 9.17) is 4.74 Å². The molecule has 0 saturated carbocycles. The number of aliphatic imine (C=N–C) groups is 1. The quantitative estimate of drug-likeness (QED) is 0.481. The summed E-state index contributed by atoms with van der Waals surface area (Å²) < 4.78 is 5.52. The Hall–Kier alpha value is -1.67. The van der Waals surface area contributed by atoms with Crippen molar-refractivity contribution < 1.29 is 4.74 Å². The van der Waals surface area contributed by atoms with Crippen molar-refractivity contribution in [2.24, 2.45) is 10.9 Å². The van der Waals surface area contributed by atoms with E-state index >= 15 is 0 Å². The van der Waals surface area contributed by atoms with E-state index in [1.165, 1.54) is 11.1 Å². The number of piperazine rings is 1. The van der Waals surface area contributed by atoms with Crippen LogP contribution in [-0.2, 0) is 17.8 Å². The highest BCUT2D eigenvalue weighted by molar-refractivity contribution is 5.79. The molecule has 174 valence electrons. The smallest absolute Gasteiger partial charge is 0.191 e. The molecular weight excluding hydrogens is 388 g/mol. The zero-order valence-corrected chi connectivity index (χ0v) is 19.9. The van der Waals surface area contributed by atoms with Crippen LogP contribution in [0.4, 0.5) is 0 Å². The van der Waals surface area contributed by atoms with E-state index in [2.05, 4.69) is 75.5 Å². The van der Waals surface area contributed by atoms with Gasteiger partial charge in [-0.05, 0) is 24.1 Å². The van der Waals surface area contributed by atoms with Gasteiger partial charge in [0, 0.05) is 72.0 Å². The maximum Gasteiger partial charge on any atom is 0.191 e. The average Bonchev–Trinajstić information content (AvgIpc) is 2.79. The van der Waals surface area contributed by atoms with Crippen molar-refractivity contribution in [2.75, 3.05) is 73.1 Å². The van der Waals surface area contributed by atoms with E-state index in [0.29, 0.717) is 12.0 Å². The number of morpholine rings is 1. The lowest BCUT2D eigenvalue weighted by Gasteiger charge is -2.37. The molecule has 2 aliphatic rings. The number of rotatable bonds is 8. The number of likely N-dealkylation sites (N-methyl/N-ethyl adjacent to an activating group) is 1. The molecule has 0 spiro atoms. The molecule has 1 aromatic rings. The molecule has 2 fully saturated rings. The first-order chi connectivity index (χ1) is 15.0. The van der Waals surface area contributed by atoms with Crippen LogP contribution in [0.1, 0.15) is 25.0 Å². The Labute approximate surface area is 188 Å². The largest absolute Gasteiger partial charge is 0.379 e. The maximum absolute atomic E-state index is 5.52. The fraction of sp³-hybridized carbons (Fsp3) is 0.708. The van der Waals surface area contributed by atoms with Crippen molar-refractivity contribution in [3.8, 4) is 0 Å². The Kier molecular flexibility index (Phi) is 9.58. The molecule has 1 atom stereocenters. The van der Waals surface area contributed by atoms with Gasteiger partial charge in [0.05, 0.1) is 13.2 Å². The summed E-state index contributed by atoms with van der Waals surface area (Å²) in [5, 5.41) is 7.00. The molecule has 0 bridgehead atoms. The summed E-state index contributed by atoms with van der Waals surface area (Å²) in [7, 11) is 4.04. The number of hydrogen-bond acceptors (Lipinski definition) is 5. The minimum absolute atomic E-state index is 0.483. The first kappa shape index (κ1) is 24.0. The fourth-order valence-electron chi connectivity index (χ4n) is 4.33. The zero-order valence-electron chi connectivity index (χ0n) is 19.9. The van der Waals surface area contributed by atoms with Crippen LogP contribution in [0.25, 0.3) is 0 Å². The number of guanidine groups is 1. The van der Waals surface area contributed by atoms with E-state index in [1.807, 2.05) is 7.05 Å². The van der Waals surface area contributed by atoms with Crippen molar-refractivity contribution in [1.82, 2.24) is 25.3 Å². The topological polar surface area (TPSA) is 55.4 Å². The Morgan fingerprint density at radius 2 is 1.61 bits per heavy atom. The fourth-order valence-corrected chi connectivity index (χ4v) is 4.33. The lowest BCUT2D eigenvalue weighted by atomic mass is 10.0. The number of nitrogens with one attached hydrogen (secondary N) is 2. The molecular formula is C24H42N6O. The average molecular weight is 431 g/mol. The van der Waals surface area contributed by atoms with Gasteiger partial charge in [-0.3, -0.25) is 14.8 Å². The van der Waals surface area contributed by atoms with E-state index in [1.54, 1.807) is 0 Å². The molecule has 0 radical (unpaired) electrons. The second-order valence-corrected chi connectivity index (χ2v) is 9.16. The number of nitrogens with zero attached hydrogens (tertiary/aromatic N) is 4. The van der Waals surface area contributed by atoms with Gasteiger partial charge < -0.3 is 20.3 Å². The highest BCUT2D eigenvalue weighted by atomic mass is 16.5. The van der Waals surface area contributed by atoms with Crippen LogP contribution in [0, 0.1) is 5.92 Å². The van der Waals surface area contributed by atoms with Crippen LogP contribution in [0.2, 0.25) is 0 Å². The van der Waals surface area contributed by atoms with Crippen molar-refractivity contribution in [2.45, 2.75) is 33.0 Å². The van der Waals surface area contributed by atoms with Crippen molar-refractivity contribution in [3.63, 3.8) is 0 Å². The summed E-state index contributed by atoms with van der Waals surface area (Å²) in [6, 6.07) is 9.47. The van der Waals surface area contributed by atoms with E-state index in [-0.39, 0.29) is 0 Å². The van der Waals surface area contributed by atoms with Crippen LogP contribution in [-0.4, -0.2) is 99.8 Å². The molecule has 0 aromatic heterocycles. The molecule has 2 heterocycles. The summed E-state index contributed by atoms with van der Waals surface area (Å²) in [5.74, 6) is 1.44. The van der Waals surface area contributed by atoms with E-state index in [0.717, 1.165) is 78.1 Å². The minimum Gasteiger partial charge on any atom is -0.379 e. The summed E-state index contributed by atoms with van der Waals surface area (Å²) in [6.07, 6.45) is 0. The second-order valence-electron chi connectivity index (χ2n) is 9.16. The van der Waals surface area contributed by atoms with Gasteiger partial charge in [0.2, 0.25) is 0 Å². The Morgan fingerprint density at radius 1 is 0.968 bits per heavy atom.